The molecule has 16 heavy (non-hydrogen) atoms. The summed E-state index contributed by atoms with van der Waals surface area (Å²) in [5.74, 6) is 0.940. The minimum Gasteiger partial charge on any atom is -0.353 e. The first-order valence-corrected chi connectivity index (χ1v) is 6.00. The molecule has 0 aliphatic heterocycles. The Hall–Kier alpha value is -1.22. The van der Waals surface area contributed by atoms with Gasteiger partial charge in [0.1, 0.15) is 0 Å². The number of fused-ring (bicyclic) bond motifs is 1. The third kappa shape index (κ3) is 1.55. The van der Waals surface area contributed by atoms with Gasteiger partial charge in [-0.1, -0.05) is 12.1 Å². The van der Waals surface area contributed by atoms with Crippen molar-refractivity contribution in [2.45, 2.75) is 24.3 Å². The lowest BCUT2D eigenvalue weighted by Gasteiger charge is -2.31. The van der Waals surface area contributed by atoms with E-state index in [0.29, 0.717) is 11.4 Å². The second-order valence-corrected chi connectivity index (χ2v) is 5.01. The molecule has 84 valence electrons. The van der Waals surface area contributed by atoms with Gasteiger partial charge in [0.05, 0.1) is 11.0 Å². The van der Waals surface area contributed by atoms with Crippen LogP contribution < -0.4 is 5.32 Å². The van der Waals surface area contributed by atoms with Crippen molar-refractivity contribution in [3.05, 3.63) is 24.3 Å². The Balaban J connectivity index is 1.89. The van der Waals surface area contributed by atoms with E-state index in [2.05, 4.69) is 20.9 Å². The number of para-hydroxylation sites is 2. The summed E-state index contributed by atoms with van der Waals surface area (Å²) in [6.07, 6.45) is 2.07. The highest BCUT2D eigenvalue weighted by Gasteiger charge is 2.28. The van der Waals surface area contributed by atoms with Crippen molar-refractivity contribution in [1.82, 2.24) is 9.55 Å². The summed E-state index contributed by atoms with van der Waals surface area (Å²) >= 11 is 5.96. The molecule has 0 unspecified atom stereocenters. The largest absolute Gasteiger partial charge is 0.353 e. The number of hydrogen-bond acceptors (Lipinski definition) is 2. The fourth-order valence-electron chi connectivity index (χ4n) is 2.12. The van der Waals surface area contributed by atoms with Crippen LogP contribution >= 0.6 is 11.6 Å². The lowest BCUT2D eigenvalue weighted by molar-refractivity contribution is 0.451. The van der Waals surface area contributed by atoms with Gasteiger partial charge in [-0.25, -0.2) is 4.98 Å². The maximum absolute atomic E-state index is 5.96. The molecule has 1 N–H and O–H groups in total. The zero-order valence-electron chi connectivity index (χ0n) is 9.15. The van der Waals surface area contributed by atoms with Crippen LogP contribution in [-0.2, 0) is 7.05 Å². The highest BCUT2D eigenvalue weighted by atomic mass is 35.5. The number of anilines is 1. The molecule has 1 aliphatic carbocycles. The summed E-state index contributed by atoms with van der Waals surface area (Å²) in [4.78, 5) is 4.57. The van der Waals surface area contributed by atoms with Crippen molar-refractivity contribution in [2.24, 2.45) is 7.05 Å². The molecule has 1 aromatic carbocycles. The van der Waals surface area contributed by atoms with Gasteiger partial charge in [0.25, 0.3) is 0 Å². The molecule has 0 radical (unpaired) electrons. The fourth-order valence-corrected chi connectivity index (χ4v) is 2.55. The van der Waals surface area contributed by atoms with E-state index in [0.717, 1.165) is 29.8 Å². The molecule has 1 fully saturated rings. The van der Waals surface area contributed by atoms with E-state index >= 15 is 0 Å². The van der Waals surface area contributed by atoms with Crippen LogP contribution in [0.1, 0.15) is 12.8 Å². The minimum absolute atomic E-state index is 0.340. The summed E-state index contributed by atoms with van der Waals surface area (Å²) in [5, 5.41) is 3.77. The van der Waals surface area contributed by atoms with Gasteiger partial charge >= 0.3 is 0 Å². The minimum atomic E-state index is 0.340. The molecule has 1 heterocycles. The topological polar surface area (TPSA) is 29.9 Å². The Labute approximate surface area is 99.4 Å². The Morgan fingerprint density at radius 1 is 1.38 bits per heavy atom. The molecule has 4 heteroatoms. The third-order valence-corrected chi connectivity index (χ3v) is 3.56. The zero-order valence-corrected chi connectivity index (χ0v) is 9.91. The number of rotatable bonds is 2. The van der Waals surface area contributed by atoms with Crippen LogP contribution in [0.25, 0.3) is 11.0 Å². The van der Waals surface area contributed by atoms with Crippen molar-refractivity contribution in [3.8, 4) is 0 Å². The van der Waals surface area contributed by atoms with Crippen molar-refractivity contribution >= 4 is 28.6 Å². The number of aromatic nitrogens is 2. The second kappa shape index (κ2) is 3.67. The van der Waals surface area contributed by atoms with Crippen LogP contribution in [0.15, 0.2) is 24.3 Å². The number of imidazole rings is 1. The van der Waals surface area contributed by atoms with Gasteiger partial charge in [0.15, 0.2) is 0 Å². The van der Waals surface area contributed by atoms with E-state index in [1.54, 1.807) is 0 Å². The van der Waals surface area contributed by atoms with Gasteiger partial charge in [-0.3, -0.25) is 0 Å². The number of alkyl halides is 1. The van der Waals surface area contributed by atoms with Crippen LogP contribution in [0.4, 0.5) is 5.95 Å². The molecule has 1 aromatic heterocycles. The zero-order chi connectivity index (χ0) is 11.1. The monoisotopic (exact) mass is 235 g/mol. The smallest absolute Gasteiger partial charge is 0.203 e. The molecule has 3 nitrogen and oxygen atoms in total. The average Bonchev–Trinajstić information content (AvgIpc) is 2.55. The SMILES string of the molecule is Cn1c(NC2CC(Cl)C2)nc2ccccc21. The van der Waals surface area contributed by atoms with E-state index in [1.165, 1.54) is 0 Å². The van der Waals surface area contributed by atoms with Gasteiger partial charge in [-0.2, -0.15) is 0 Å². The molecule has 1 saturated carbocycles. The average molecular weight is 236 g/mol. The normalized spacial score (nSPS) is 24.4. The maximum Gasteiger partial charge on any atom is 0.203 e. The Morgan fingerprint density at radius 2 is 2.12 bits per heavy atom. The van der Waals surface area contributed by atoms with E-state index in [-0.39, 0.29) is 0 Å². The number of hydrogen-bond donors (Lipinski definition) is 1. The number of benzene rings is 1. The highest BCUT2D eigenvalue weighted by Crippen LogP contribution is 2.29. The van der Waals surface area contributed by atoms with Crippen molar-refractivity contribution in [1.29, 1.82) is 0 Å². The van der Waals surface area contributed by atoms with E-state index < -0.39 is 0 Å². The standard InChI is InChI=1S/C12H14ClN3/c1-16-11-5-3-2-4-10(11)15-12(16)14-9-6-8(13)7-9/h2-5,8-9H,6-7H2,1H3,(H,14,15). The first-order valence-electron chi connectivity index (χ1n) is 5.56. The van der Waals surface area contributed by atoms with Gasteiger partial charge in [0, 0.05) is 18.5 Å². The van der Waals surface area contributed by atoms with Crippen molar-refractivity contribution in [3.63, 3.8) is 0 Å². The van der Waals surface area contributed by atoms with E-state index in [4.69, 9.17) is 11.6 Å². The maximum atomic E-state index is 5.96. The second-order valence-electron chi connectivity index (χ2n) is 4.39. The molecule has 0 atom stereocenters. The van der Waals surface area contributed by atoms with Gasteiger partial charge in [-0.05, 0) is 25.0 Å². The number of aryl methyl sites for hydroxylation is 1. The highest BCUT2D eigenvalue weighted by molar-refractivity contribution is 6.21. The van der Waals surface area contributed by atoms with Gasteiger partial charge < -0.3 is 9.88 Å². The number of nitrogens with one attached hydrogen (secondary N) is 1. The molecule has 2 aromatic rings. The van der Waals surface area contributed by atoms with Crippen LogP contribution in [0.2, 0.25) is 0 Å². The molecule has 0 saturated heterocycles. The molecular weight excluding hydrogens is 222 g/mol. The Bertz CT molecular complexity index is 514. The lowest BCUT2D eigenvalue weighted by atomic mass is 9.93. The Morgan fingerprint density at radius 3 is 2.81 bits per heavy atom. The molecule has 0 amide bonds. The summed E-state index contributed by atoms with van der Waals surface area (Å²) in [7, 11) is 2.04. The first kappa shape index (κ1) is 9.97. The van der Waals surface area contributed by atoms with Gasteiger partial charge in [-0.15, -0.1) is 11.6 Å². The Kier molecular flexibility index (Phi) is 2.28. The molecule has 0 spiro atoms. The fraction of sp³-hybridized carbons (Fsp3) is 0.417. The lowest BCUT2D eigenvalue weighted by Crippen LogP contribution is -2.36. The molecular formula is C12H14ClN3. The predicted molar refractivity (Wildman–Crippen MR) is 67.0 cm³/mol. The van der Waals surface area contributed by atoms with Crippen LogP contribution in [0.5, 0.6) is 0 Å². The van der Waals surface area contributed by atoms with Crippen LogP contribution in [0, 0.1) is 0 Å². The number of halogens is 1. The summed E-state index contributed by atoms with van der Waals surface area (Å²) < 4.78 is 2.09. The van der Waals surface area contributed by atoms with Crippen molar-refractivity contribution < 1.29 is 0 Å². The molecule has 1 aliphatic rings. The molecule has 3 rings (SSSR count). The van der Waals surface area contributed by atoms with E-state index in [9.17, 15) is 0 Å². The summed E-state index contributed by atoms with van der Waals surface area (Å²) in [5.41, 5.74) is 2.20. The van der Waals surface area contributed by atoms with Crippen molar-refractivity contribution in [2.75, 3.05) is 5.32 Å². The molecule has 0 bridgehead atoms. The third-order valence-electron chi connectivity index (χ3n) is 3.20. The van der Waals surface area contributed by atoms with E-state index in [1.807, 2.05) is 25.2 Å². The first-order chi connectivity index (χ1) is 7.74. The predicted octanol–water partition coefficient (Wildman–Crippen LogP) is 2.76. The van der Waals surface area contributed by atoms with Crippen LogP contribution in [0.3, 0.4) is 0 Å². The van der Waals surface area contributed by atoms with Gasteiger partial charge in [0.2, 0.25) is 5.95 Å². The quantitative estimate of drug-likeness (QED) is 0.812. The number of nitrogens with zero attached hydrogens (tertiary/aromatic N) is 2. The summed E-state index contributed by atoms with van der Waals surface area (Å²) in [6.45, 7) is 0. The summed E-state index contributed by atoms with van der Waals surface area (Å²) in [6, 6.07) is 8.64. The van der Waals surface area contributed by atoms with Crippen LogP contribution in [-0.4, -0.2) is 21.0 Å².